The monoisotopic (exact) mass is 442 g/mol. The van der Waals surface area contributed by atoms with Crippen LogP contribution in [0, 0.1) is 0 Å². The third-order valence-electron chi connectivity index (χ3n) is 5.51. The van der Waals surface area contributed by atoms with Crippen LogP contribution in [0.4, 0.5) is 5.69 Å². The van der Waals surface area contributed by atoms with Gasteiger partial charge in [-0.05, 0) is 36.4 Å². The van der Waals surface area contributed by atoms with E-state index < -0.39 is 0 Å². The Morgan fingerprint density at radius 1 is 1.00 bits per heavy atom. The number of ether oxygens (including phenoxy) is 1. The highest BCUT2D eigenvalue weighted by molar-refractivity contribution is 5.96. The molecule has 4 aromatic rings. The summed E-state index contributed by atoms with van der Waals surface area (Å²) in [6.07, 6.45) is 5.00. The maximum absolute atomic E-state index is 13.4. The van der Waals surface area contributed by atoms with E-state index in [0.29, 0.717) is 48.8 Å². The van der Waals surface area contributed by atoms with Gasteiger partial charge in [0.25, 0.3) is 11.5 Å². The van der Waals surface area contributed by atoms with Gasteiger partial charge < -0.3 is 14.2 Å². The molecule has 0 unspecified atom stereocenters. The second-order valence-corrected chi connectivity index (χ2v) is 7.65. The van der Waals surface area contributed by atoms with Gasteiger partial charge in [-0.1, -0.05) is 18.2 Å². The van der Waals surface area contributed by atoms with Gasteiger partial charge in [0, 0.05) is 31.0 Å². The molecule has 0 atom stereocenters. The van der Waals surface area contributed by atoms with Crippen molar-refractivity contribution >= 4 is 11.6 Å². The lowest BCUT2D eigenvalue weighted by molar-refractivity contribution is 0.0945. The van der Waals surface area contributed by atoms with E-state index in [-0.39, 0.29) is 18.0 Å². The molecule has 1 fully saturated rings. The van der Waals surface area contributed by atoms with E-state index >= 15 is 0 Å². The zero-order valence-corrected chi connectivity index (χ0v) is 17.9. The summed E-state index contributed by atoms with van der Waals surface area (Å²) in [6, 6.07) is 16.1. The van der Waals surface area contributed by atoms with Crippen LogP contribution in [0.5, 0.6) is 0 Å². The maximum Gasteiger partial charge on any atom is 0.278 e. The number of hydrogen-bond donors (Lipinski definition) is 0. The predicted octanol–water partition coefficient (Wildman–Crippen LogP) is 2.08. The zero-order chi connectivity index (χ0) is 22.6. The Bertz CT molecular complexity index is 1310. The van der Waals surface area contributed by atoms with Crippen LogP contribution in [0.1, 0.15) is 16.1 Å². The van der Waals surface area contributed by atoms with Crippen molar-refractivity contribution in [1.29, 1.82) is 0 Å². The van der Waals surface area contributed by atoms with Crippen molar-refractivity contribution in [3.8, 4) is 11.3 Å². The van der Waals surface area contributed by atoms with Gasteiger partial charge >= 0.3 is 0 Å². The Morgan fingerprint density at radius 2 is 1.82 bits per heavy atom. The Hall–Kier alpha value is -4.11. The highest BCUT2D eigenvalue weighted by atomic mass is 16.5. The standard InChI is InChI=1S/C24H22N6O3/c31-23(18-6-2-1-3-7-18)30-17-21(28-12-14-33-15-13-28)22(27-30)20-9-5-11-29(24(20)32)16-19-8-4-10-25-26-19/h1-11,17H,12-16H2. The van der Waals surface area contributed by atoms with Gasteiger partial charge in [-0.2, -0.15) is 15.3 Å². The molecule has 4 heterocycles. The number of benzene rings is 1. The summed E-state index contributed by atoms with van der Waals surface area (Å²) in [4.78, 5) is 28.6. The molecular formula is C24H22N6O3. The Balaban J connectivity index is 1.58. The molecule has 1 aromatic carbocycles. The first-order valence-electron chi connectivity index (χ1n) is 10.7. The minimum absolute atomic E-state index is 0.213. The Kier molecular flexibility index (Phi) is 5.77. The van der Waals surface area contributed by atoms with Crippen molar-refractivity contribution in [2.24, 2.45) is 0 Å². The topological polar surface area (TPSA) is 95.1 Å². The fraction of sp³-hybridized carbons (Fsp3) is 0.208. The summed E-state index contributed by atoms with van der Waals surface area (Å²) in [6.45, 7) is 2.74. The quantitative estimate of drug-likeness (QED) is 0.467. The number of aromatic nitrogens is 5. The van der Waals surface area contributed by atoms with Crippen molar-refractivity contribution in [3.05, 3.63) is 94.8 Å². The van der Waals surface area contributed by atoms with Crippen LogP contribution in [-0.2, 0) is 11.3 Å². The van der Waals surface area contributed by atoms with Gasteiger partial charge in [0.15, 0.2) is 0 Å². The summed E-state index contributed by atoms with van der Waals surface area (Å²) in [5, 5.41) is 12.5. The van der Waals surface area contributed by atoms with Crippen LogP contribution in [0.3, 0.4) is 0 Å². The Morgan fingerprint density at radius 3 is 2.58 bits per heavy atom. The molecule has 0 spiro atoms. The third kappa shape index (κ3) is 4.31. The van der Waals surface area contributed by atoms with E-state index in [1.54, 1.807) is 53.5 Å². The molecule has 1 saturated heterocycles. The van der Waals surface area contributed by atoms with Crippen molar-refractivity contribution in [1.82, 2.24) is 24.5 Å². The molecule has 1 aliphatic rings. The van der Waals surface area contributed by atoms with Crippen LogP contribution in [0.25, 0.3) is 11.3 Å². The third-order valence-corrected chi connectivity index (χ3v) is 5.51. The first-order valence-corrected chi connectivity index (χ1v) is 10.7. The first kappa shape index (κ1) is 20.8. The van der Waals surface area contributed by atoms with Crippen LogP contribution in [0.15, 0.2) is 78.0 Å². The van der Waals surface area contributed by atoms with Gasteiger partial charge in [0.05, 0.1) is 42.9 Å². The molecule has 3 aromatic heterocycles. The molecule has 9 nitrogen and oxygen atoms in total. The SMILES string of the molecule is O=C(c1ccccc1)n1cc(N2CCOCC2)c(-c2cccn(Cc3cccnn3)c2=O)n1. The van der Waals surface area contributed by atoms with Gasteiger partial charge in [0.2, 0.25) is 0 Å². The van der Waals surface area contributed by atoms with E-state index in [4.69, 9.17) is 4.74 Å². The fourth-order valence-corrected chi connectivity index (χ4v) is 3.84. The number of carbonyl (C=O) groups excluding carboxylic acids is 1. The van der Waals surface area contributed by atoms with Crippen molar-refractivity contribution < 1.29 is 9.53 Å². The summed E-state index contributed by atoms with van der Waals surface area (Å²) < 4.78 is 8.37. The lowest BCUT2D eigenvalue weighted by atomic mass is 10.1. The van der Waals surface area contributed by atoms with Crippen molar-refractivity contribution in [3.63, 3.8) is 0 Å². The molecule has 0 aliphatic carbocycles. The van der Waals surface area contributed by atoms with Crippen LogP contribution in [0.2, 0.25) is 0 Å². The molecule has 1 aliphatic heterocycles. The normalized spacial score (nSPS) is 13.8. The van der Waals surface area contributed by atoms with Crippen LogP contribution >= 0.6 is 0 Å². The number of morpholine rings is 1. The number of nitrogens with zero attached hydrogens (tertiary/aromatic N) is 6. The summed E-state index contributed by atoms with van der Waals surface area (Å²) in [5.74, 6) is -0.257. The van der Waals surface area contributed by atoms with Gasteiger partial charge in [0.1, 0.15) is 5.69 Å². The summed E-state index contributed by atoms with van der Waals surface area (Å²) >= 11 is 0. The second kappa shape index (κ2) is 9.17. The first-order chi connectivity index (χ1) is 16.2. The lowest BCUT2D eigenvalue weighted by Crippen LogP contribution is -2.36. The number of rotatable bonds is 5. The van der Waals surface area contributed by atoms with Crippen LogP contribution < -0.4 is 10.5 Å². The minimum Gasteiger partial charge on any atom is -0.378 e. The molecule has 0 saturated carbocycles. The summed E-state index contributed by atoms with van der Waals surface area (Å²) in [7, 11) is 0. The molecule has 9 heteroatoms. The predicted molar refractivity (Wildman–Crippen MR) is 122 cm³/mol. The average molecular weight is 442 g/mol. The maximum atomic E-state index is 13.4. The molecular weight excluding hydrogens is 420 g/mol. The highest BCUT2D eigenvalue weighted by Crippen LogP contribution is 2.29. The van der Waals surface area contributed by atoms with E-state index in [1.165, 1.54) is 4.68 Å². The number of carbonyl (C=O) groups is 1. The Labute approximate surface area is 189 Å². The van der Waals surface area contributed by atoms with E-state index in [0.717, 1.165) is 5.69 Å². The highest BCUT2D eigenvalue weighted by Gasteiger charge is 2.24. The molecule has 5 rings (SSSR count). The van der Waals surface area contributed by atoms with E-state index in [2.05, 4.69) is 20.2 Å². The smallest absolute Gasteiger partial charge is 0.278 e. The molecule has 0 amide bonds. The molecule has 166 valence electrons. The lowest BCUT2D eigenvalue weighted by Gasteiger charge is -2.28. The molecule has 0 bridgehead atoms. The second-order valence-electron chi connectivity index (χ2n) is 7.65. The van der Waals surface area contributed by atoms with Gasteiger partial charge in [-0.25, -0.2) is 4.68 Å². The van der Waals surface area contributed by atoms with Gasteiger partial charge in [-0.15, -0.1) is 0 Å². The van der Waals surface area contributed by atoms with Crippen molar-refractivity contribution in [2.45, 2.75) is 6.54 Å². The van der Waals surface area contributed by atoms with E-state index in [9.17, 15) is 9.59 Å². The fourth-order valence-electron chi connectivity index (χ4n) is 3.84. The molecule has 0 radical (unpaired) electrons. The molecule has 33 heavy (non-hydrogen) atoms. The van der Waals surface area contributed by atoms with Crippen LogP contribution in [-0.4, -0.2) is 56.8 Å². The molecule has 0 N–H and O–H groups in total. The van der Waals surface area contributed by atoms with Gasteiger partial charge in [-0.3, -0.25) is 9.59 Å². The largest absolute Gasteiger partial charge is 0.378 e. The van der Waals surface area contributed by atoms with E-state index in [1.807, 2.05) is 24.3 Å². The zero-order valence-electron chi connectivity index (χ0n) is 17.9. The minimum atomic E-state index is -0.257. The number of hydrogen-bond acceptors (Lipinski definition) is 7. The number of pyridine rings is 1. The average Bonchev–Trinajstić information content (AvgIpc) is 3.32. The summed E-state index contributed by atoms with van der Waals surface area (Å²) in [5.41, 5.74) is 2.61. The van der Waals surface area contributed by atoms with Crippen molar-refractivity contribution in [2.75, 3.05) is 31.2 Å². The number of anilines is 1.